The molecule has 2 saturated carbocycles. The molecule has 0 aliphatic heterocycles. The lowest BCUT2D eigenvalue weighted by Gasteiger charge is -2.37. The van der Waals surface area contributed by atoms with Crippen LogP contribution in [0.3, 0.4) is 0 Å². The summed E-state index contributed by atoms with van der Waals surface area (Å²) in [6.07, 6.45) is 20.6. The first kappa shape index (κ1) is 29.4. The van der Waals surface area contributed by atoms with Gasteiger partial charge >= 0.3 is 0 Å². The molecule has 0 saturated heterocycles. The Morgan fingerprint density at radius 1 is 0.630 bits per heavy atom. The molecule has 0 radical (unpaired) electrons. The van der Waals surface area contributed by atoms with Gasteiger partial charge in [-0.15, -0.1) is 45.3 Å². The van der Waals surface area contributed by atoms with E-state index in [1.807, 2.05) is 34.8 Å². The molecule has 0 N–H and O–H groups in total. The van der Waals surface area contributed by atoms with E-state index in [1.54, 1.807) is 46.0 Å². The summed E-state index contributed by atoms with van der Waals surface area (Å²) in [5, 5.41) is 18.6. The zero-order chi connectivity index (χ0) is 31.5. The van der Waals surface area contributed by atoms with Crippen molar-refractivity contribution in [2.24, 2.45) is 0 Å². The fraction of sp³-hybridized carbons (Fsp3) is 0.316. The van der Waals surface area contributed by atoms with Crippen LogP contribution in [0.25, 0.3) is 54.5 Å². The Morgan fingerprint density at radius 2 is 1.04 bits per heavy atom. The third-order valence-electron chi connectivity index (χ3n) is 10.3. The van der Waals surface area contributed by atoms with E-state index < -0.39 is 0 Å². The number of rotatable bonds is 4. The second-order valence-electron chi connectivity index (χ2n) is 12.7. The van der Waals surface area contributed by atoms with Crippen molar-refractivity contribution >= 4 is 90.2 Å². The van der Waals surface area contributed by atoms with Crippen LogP contribution in [0.5, 0.6) is 0 Å². The van der Waals surface area contributed by atoms with Gasteiger partial charge in [0.15, 0.2) is 0 Å². The van der Waals surface area contributed by atoms with E-state index in [0.29, 0.717) is 0 Å². The summed E-state index contributed by atoms with van der Waals surface area (Å²) in [7, 11) is 0. The van der Waals surface area contributed by atoms with Crippen molar-refractivity contribution in [1.82, 2.24) is 0 Å². The quantitative estimate of drug-likeness (QED) is 0.160. The maximum atomic E-state index is 9.31. The van der Waals surface area contributed by atoms with Gasteiger partial charge in [-0.3, -0.25) is 0 Å². The molecule has 224 valence electrons. The van der Waals surface area contributed by atoms with E-state index in [-0.39, 0.29) is 22.2 Å². The highest BCUT2D eigenvalue weighted by molar-refractivity contribution is 7.29. The highest BCUT2D eigenvalue weighted by atomic mass is 32.1. The topological polar surface area (TPSA) is 56.3 Å². The van der Waals surface area contributed by atoms with Gasteiger partial charge < -0.3 is 0 Å². The third-order valence-corrected chi connectivity index (χ3v) is 14.9. The Kier molecular flexibility index (Phi) is 7.25. The fourth-order valence-corrected chi connectivity index (χ4v) is 13.7. The molecule has 8 heteroatoms. The van der Waals surface area contributed by atoms with Gasteiger partial charge in [0.2, 0.25) is 0 Å². The van der Waals surface area contributed by atoms with Gasteiger partial charge in [0.25, 0.3) is 11.4 Å². The summed E-state index contributed by atoms with van der Waals surface area (Å²) in [4.78, 5) is 14.1. The molecule has 2 fully saturated rings. The number of nitriles is 2. The van der Waals surface area contributed by atoms with Crippen molar-refractivity contribution in [2.45, 2.75) is 75.0 Å². The lowest BCUT2D eigenvalue weighted by Crippen LogP contribution is -2.28. The zero-order valence-electron chi connectivity index (χ0n) is 25.1. The van der Waals surface area contributed by atoms with Crippen LogP contribution in [-0.2, 0) is 10.8 Å². The van der Waals surface area contributed by atoms with Crippen molar-refractivity contribution in [2.75, 3.05) is 0 Å². The average molecular weight is 669 g/mol. The van der Waals surface area contributed by atoms with Gasteiger partial charge in [0.05, 0.1) is 34.7 Å². The first-order valence-corrected chi connectivity index (χ1v) is 19.0. The van der Waals surface area contributed by atoms with E-state index in [1.165, 1.54) is 104 Å². The largest absolute Gasteiger partial charge is 0.263 e. The van der Waals surface area contributed by atoms with E-state index in [9.17, 15) is 10.5 Å². The summed E-state index contributed by atoms with van der Waals surface area (Å²) in [6, 6.07) is 12.6. The predicted octanol–water partition coefficient (Wildman–Crippen LogP) is 12.2. The minimum Gasteiger partial charge on any atom is -0.227 e. The van der Waals surface area contributed by atoms with E-state index in [4.69, 9.17) is 13.1 Å². The number of allylic oxidation sites excluding steroid dienone is 4. The molecule has 4 heterocycles. The van der Waals surface area contributed by atoms with Crippen LogP contribution < -0.4 is 0 Å². The summed E-state index contributed by atoms with van der Waals surface area (Å²) < 4.78 is 3.00. The van der Waals surface area contributed by atoms with E-state index >= 15 is 0 Å². The van der Waals surface area contributed by atoms with Crippen molar-refractivity contribution < 1.29 is 0 Å². The highest BCUT2D eigenvalue weighted by Gasteiger charge is 2.50. The van der Waals surface area contributed by atoms with Crippen molar-refractivity contribution in [3.05, 3.63) is 98.9 Å². The fourth-order valence-electron chi connectivity index (χ4n) is 8.45. The second-order valence-corrected chi connectivity index (χ2v) is 17.0. The van der Waals surface area contributed by atoms with Crippen LogP contribution >= 0.6 is 45.3 Å². The average Bonchev–Trinajstić information content (AvgIpc) is 3.93. The van der Waals surface area contributed by atoms with E-state index in [0.717, 1.165) is 9.75 Å². The molecule has 2 spiro atoms. The maximum Gasteiger partial charge on any atom is 0.263 e. The summed E-state index contributed by atoms with van der Waals surface area (Å²) in [5.41, 5.74) is 6.32. The normalized spacial score (nSPS) is 19.7. The van der Waals surface area contributed by atoms with Gasteiger partial charge in [-0.2, -0.15) is 0 Å². The Bertz CT molecular complexity index is 2030. The Morgan fingerprint density at radius 3 is 1.41 bits per heavy atom. The van der Waals surface area contributed by atoms with Gasteiger partial charge in [-0.1, -0.05) is 38.5 Å². The van der Waals surface area contributed by atoms with Crippen molar-refractivity contribution in [3.63, 3.8) is 0 Å². The summed E-state index contributed by atoms with van der Waals surface area (Å²) in [6.45, 7) is 14.6. The molecule has 4 aliphatic carbocycles. The van der Waals surface area contributed by atoms with Crippen LogP contribution in [0, 0.1) is 35.8 Å². The third kappa shape index (κ3) is 4.36. The first-order chi connectivity index (χ1) is 22.5. The van der Waals surface area contributed by atoms with Gasteiger partial charge in [-0.05, 0) is 96.5 Å². The lowest BCUT2D eigenvalue weighted by molar-refractivity contribution is 0.375. The molecule has 0 aromatic carbocycles. The molecule has 4 aromatic heterocycles. The van der Waals surface area contributed by atoms with Crippen molar-refractivity contribution in [3.8, 4) is 12.1 Å². The first-order valence-electron chi connectivity index (χ1n) is 15.8. The van der Waals surface area contributed by atoms with Gasteiger partial charge in [0.1, 0.15) is 0 Å². The molecule has 0 bridgehead atoms. The number of thiophene rings is 4. The van der Waals surface area contributed by atoms with Crippen LogP contribution in [-0.4, -0.2) is 0 Å². The predicted molar refractivity (Wildman–Crippen MR) is 194 cm³/mol. The Balaban J connectivity index is 1.25. The summed E-state index contributed by atoms with van der Waals surface area (Å²) in [5.74, 6) is 0. The van der Waals surface area contributed by atoms with E-state index in [2.05, 4.69) is 46.1 Å². The summed E-state index contributed by atoms with van der Waals surface area (Å²) >= 11 is 7.43. The minimum atomic E-state index is 0.0245. The molecule has 46 heavy (non-hydrogen) atoms. The molecule has 8 rings (SSSR count). The van der Waals surface area contributed by atoms with Crippen LogP contribution in [0.15, 0.2) is 35.7 Å². The minimum absolute atomic E-state index is 0.0245. The molecule has 4 nitrogen and oxygen atoms in total. The highest BCUT2D eigenvalue weighted by Crippen LogP contribution is 2.66. The lowest BCUT2D eigenvalue weighted by atomic mass is 9.66. The number of fused-ring (bicyclic) bond motifs is 7. The van der Waals surface area contributed by atoms with Crippen molar-refractivity contribution in [1.29, 1.82) is 10.5 Å². The zero-order valence-corrected chi connectivity index (χ0v) is 28.4. The smallest absolute Gasteiger partial charge is 0.227 e. The van der Waals surface area contributed by atoms with Gasteiger partial charge in [-0.25, -0.2) is 20.2 Å². The molecule has 4 aromatic rings. The van der Waals surface area contributed by atoms with Crippen LogP contribution in [0.2, 0.25) is 0 Å². The molecular weight excluding hydrogens is 641 g/mol. The molecule has 0 amide bonds. The van der Waals surface area contributed by atoms with Crippen LogP contribution in [0.1, 0.15) is 105 Å². The van der Waals surface area contributed by atoms with Crippen LogP contribution in [0.4, 0.5) is 0 Å². The number of hydrogen-bond acceptors (Lipinski definition) is 6. The number of nitrogens with zero attached hydrogens (tertiary/aromatic N) is 4. The monoisotopic (exact) mass is 668 g/mol. The molecular formula is C38H28N4S4. The Labute approximate surface area is 285 Å². The number of hydrogen-bond donors (Lipinski definition) is 0. The SMILES string of the molecule is [C-]#[N+]/C(C#N)=C\c1ccc(C2=Cc3sc4c5c(sc4c3C23CCCCC3)C=C(c2ccc(/C=C(\C#N)[N+]#[C-])s2)C52CCCCC2)s1. The van der Waals surface area contributed by atoms with Gasteiger partial charge in [0, 0.05) is 40.1 Å². The standard InChI is InChI=1S/C38H28N4S4/c1-41-23(21-39)17-25-9-11-29(43-25)27-19-31-33(37(27)13-5-3-6-14-37)35-36(45-31)34-32(46-35)20-28(38(34)15-7-4-8-16-38)30-12-10-26(44-30)18-24(22-40)42-2/h9-12,17-20H,3-8,13-16H2/b23-17-,24-18+. The molecule has 4 aliphatic rings. The molecule has 0 unspecified atom stereocenters. The second kappa shape index (κ2) is 11.3. The molecule has 0 atom stereocenters. The Hall–Kier alpha value is -4.02. The maximum absolute atomic E-state index is 9.31.